The smallest absolute Gasteiger partial charge is 0.354 e. The number of carbonyl (C=O) groups excluding carboxylic acids is 1. The van der Waals surface area contributed by atoms with E-state index in [1.54, 1.807) is 31.2 Å². The van der Waals surface area contributed by atoms with E-state index < -0.39 is 10.8 Å². The number of nitrogens with zero attached hydrogens (tertiary/aromatic N) is 3. The number of nitro groups is 1. The van der Waals surface area contributed by atoms with Crippen molar-refractivity contribution >= 4 is 23.2 Å². The van der Waals surface area contributed by atoms with Crippen LogP contribution in [0.1, 0.15) is 22.8 Å². The first-order chi connectivity index (χ1) is 11.0. The van der Waals surface area contributed by atoms with Crippen LogP contribution in [0.4, 0.5) is 17.3 Å². The summed E-state index contributed by atoms with van der Waals surface area (Å²) < 4.78 is 0. The molecule has 0 bridgehead atoms. The number of nitrogens with one attached hydrogen (secondary N) is 3. The molecule has 0 radical (unpaired) electrons. The van der Waals surface area contributed by atoms with E-state index in [-0.39, 0.29) is 17.3 Å². The third kappa shape index (κ3) is 3.90. The molecule has 1 aromatic carbocycles. The van der Waals surface area contributed by atoms with Crippen LogP contribution in [0, 0.1) is 17.0 Å². The highest BCUT2D eigenvalue weighted by Gasteiger charge is 2.23. The van der Waals surface area contributed by atoms with Crippen molar-refractivity contribution in [3.8, 4) is 0 Å². The van der Waals surface area contributed by atoms with Gasteiger partial charge in [-0.2, -0.15) is 0 Å². The van der Waals surface area contributed by atoms with Gasteiger partial charge in [-0.25, -0.2) is 9.97 Å². The van der Waals surface area contributed by atoms with E-state index in [2.05, 4.69) is 26.1 Å². The van der Waals surface area contributed by atoms with E-state index in [0.717, 1.165) is 5.56 Å². The molecule has 2 aromatic rings. The molecule has 9 nitrogen and oxygen atoms in total. The fraction of sp³-hybridized carbons (Fsp3) is 0.214. The molecule has 0 atom stereocenters. The minimum atomic E-state index is -0.613. The van der Waals surface area contributed by atoms with Crippen LogP contribution >= 0.6 is 0 Å². The minimum Gasteiger partial charge on any atom is -0.364 e. The molecule has 1 aromatic heterocycles. The molecule has 0 aliphatic carbocycles. The summed E-state index contributed by atoms with van der Waals surface area (Å²) in [5.41, 5.74) is 5.97. The Balaban J connectivity index is 2.16. The van der Waals surface area contributed by atoms with Crippen LogP contribution in [0.5, 0.6) is 0 Å². The van der Waals surface area contributed by atoms with Gasteiger partial charge in [-0.05, 0) is 26.0 Å². The molecule has 1 heterocycles. The van der Waals surface area contributed by atoms with Crippen LogP contribution in [0.3, 0.4) is 0 Å². The van der Waals surface area contributed by atoms with Crippen LogP contribution in [0.15, 0.2) is 30.6 Å². The zero-order valence-electron chi connectivity index (χ0n) is 12.7. The molecule has 0 aliphatic heterocycles. The SMILES string of the molecule is CCNc1ncnc(NNC(=O)c2ccc(C)cc2)c1[N+](=O)[O-]. The average molecular weight is 316 g/mol. The predicted octanol–water partition coefficient (Wildman–Crippen LogP) is 1.88. The number of anilines is 2. The number of carbonyl (C=O) groups is 1. The van der Waals surface area contributed by atoms with Crippen LogP contribution in [0.2, 0.25) is 0 Å². The maximum atomic E-state index is 12.0. The normalized spacial score (nSPS) is 10.0. The van der Waals surface area contributed by atoms with Crippen LogP contribution in [-0.2, 0) is 0 Å². The first-order valence-electron chi connectivity index (χ1n) is 6.89. The Hall–Kier alpha value is -3.23. The van der Waals surface area contributed by atoms with E-state index in [1.807, 2.05) is 6.92 Å². The molecular formula is C14H16N6O3. The molecule has 3 N–H and O–H groups in total. The molecule has 0 fully saturated rings. The zero-order valence-corrected chi connectivity index (χ0v) is 12.7. The van der Waals surface area contributed by atoms with Crippen LogP contribution in [0.25, 0.3) is 0 Å². The van der Waals surface area contributed by atoms with Crippen molar-refractivity contribution in [2.75, 3.05) is 17.3 Å². The number of amides is 1. The fourth-order valence-electron chi connectivity index (χ4n) is 1.83. The van der Waals surface area contributed by atoms with E-state index in [0.29, 0.717) is 12.1 Å². The summed E-state index contributed by atoms with van der Waals surface area (Å²) in [5.74, 6) is -0.441. The number of aromatic nitrogens is 2. The monoisotopic (exact) mass is 316 g/mol. The molecular weight excluding hydrogens is 300 g/mol. The molecule has 1 amide bonds. The van der Waals surface area contributed by atoms with Gasteiger partial charge in [0.15, 0.2) is 0 Å². The molecule has 0 unspecified atom stereocenters. The van der Waals surface area contributed by atoms with Gasteiger partial charge >= 0.3 is 5.69 Å². The number of hydrogen-bond acceptors (Lipinski definition) is 7. The van der Waals surface area contributed by atoms with Crippen LogP contribution < -0.4 is 16.2 Å². The zero-order chi connectivity index (χ0) is 16.8. The largest absolute Gasteiger partial charge is 0.364 e. The third-order valence-corrected chi connectivity index (χ3v) is 2.96. The highest BCUT2D eigenvalue weighted by Crippen LogP contribution is 2.28. The van der Waals surface area contributed by atoms with Gasteiger partial charge in [0.1, 0.15) is 6.33 Å². The second-order valence-electron chi connectivity index (χ2n) is 4.65. The maximum absolute atomic E-state index is 12.0. The minimum absolute atomic E-state index is 0.0829. The van der Waals surface area contributed by atoms with Crippen molar-refractivity contribution in [1.82, 2.24) is 15.4 Å². The Morgan fingerprint density at radius 3 is 2.48 bits per heavy atom. The first kappa shape index (κ1) is 16.1. The second-order valence-corrected chi connectivity index (χ2v) is 4.65. The van der Waals surface area contributed by atoms with Gasteiger partial charge < -0.3 is 5.32 Å². The van der Waals surface area contributed by atoms with Crippen molar-refractivity contribution in [1.29, 1.82) is 0 Å². The van der Waals surface area contributed by atoms with Crippen molar-refractivity contribution < 1.29 is 9.72 Å². The number of aryl methyl sites for hydroxylation is 1. The lowest BCUT2D eigenvalue weighted by Crippen LogP contribution is -2.30. The summed E-state index contributed by atoms with van der Waals surface area (Å²) >= 11 is 0. The van der Waals surface area contributed by atoms with Gasteiger partial charge in [0.2, 0.25) is 11.6 Å². The second kappa shape index (κ2) is 7.16. The van der Waals surface area contributed by atoms with E-state index in [1.165, 1.54) is 6.33 Å². The molecule has 2 rings (SSSR count). The number of rotatable bonds is 6. The molecule has 0 aliphatic rings. The van der Waals surface area contributed by atoms with Crippen molar-refractivity contribution in [3.05, 3.63) is 51.8 Å². The average Bonchev–Trinajstić information content (AvgIpc) is 2.53. The Kier molecular flexibility index (Phi) is 5.03. The Labute approximate surface area is 132 Å². The lowest BCUT2D eigenvalue weighted by atomic mass is 10.1. The quantitative estimate of drug-likeness (QED) is 0.549. The molecule has 23 heavy (non-hydrogen) atoms. The summed E-state index contributed by atoms with van der Waals surface area (Å²) in [4.78, 5) is 30.2. The van der Waals surface area contributed by atoms with Gasteiger partial charge in [0.25, 0.3) is 5.91 Å². The van der Waals surface area contributed by atoms with Crippen LogP contribution in [-0.4, -0.2) is 27.3 Å². The maximum Gasteiger partial charge on any atom is 0.354 e. The van der Waals surface area contributed by atoms with E-state index >= 15 is 0 Å². The van der Waals surface area contributed by atoms with Gasteiger partial charge in [0.05, 0.1) is 4.92 Å². The lowest BCUT2D eigenvalue weighted by molar-refractivity contribution is -0.383. The molecule has 0 saturated carbocycles. The van der Waals surface area contributed by atoms with E-state index in [9.17, 15) is 14.9 Å². The number of benzene rings is 1. The van der Waals surface area contributed by atoms with Gasteiger partial charge in [0, 0.05) is 12.1 Å². The lowest BCUT2D eigenvalue weighted by Gasteiger charge is -2.10. The molecule has 120 valence electrons. The van der Waals surface area contributed by atoms with Crippen molar-refractivity contribution in [3.63, 3.8) is 0 Å². The fourth-order valence-corrected chi connectivity index (χ4v) is 1.83. The summed E-state index contributed by atoms with van der Waals surface area (Å²) in [6, 6.07) is 6.91. The first-order valence-corrected chi connectivity index (χ1v) is 6.89. The molecule has 0 spiro atoms. The standard InChI is InChI=1S/C14H16N6O3/c1-3-15-12-11(20(22)23)13(17-8-16-12)18-19-14(21)10-6-4-9(2)5-7-10/h4-8H,3H2,1-2H3,(H,19,21)(H2,15,16,17,18). The summed E-state index contributed by atoms with van der Waals surface area (Å²) in [7, 11) is 0. The molecule has 9 heteroatoms. The number of hydrazine groups is 1. The topological polar surface area (TPSA) is 122 Å². The van der Waals surface area contributed by atoms with Gasteiger partial charge in [-0.15, -0.1) is 0 Å². The Morgan fingerprint density at radius 2 is 1.87 bits per heavy atom. The van der Waals surface area contributed by atoms with Crippen molar-refractivity contribution in [2.45, 2.75) is 13.8 Å². The van der Waals surface area contributed by atoms with Gasteiger partial charge in [-0.1, -0.05) is 17.7 Å². The van der Waals surface area contributed by atoms with Crippen molar-refractivity contribution in [2.24, 2.45) is 0 Å². The summed E-state index contributed by atoms with van der Waals surface area (Å²) in [6.07, 6.45) is 1.17. The highest BCUT2D eigenvalue weighted by molar-refractivity contribution is 5.95. The third-order valence-electron chi connectivity index (χ3n) is 2.96. The molecule has 0 saturated heterocycles. The Bertz CT molecular complexity index is 717. The summed E-state index contributed by atoms with van der Waals surface area (Å²) in [5, 5.41) is 14.0. The number of hydrogen-bond donors (Lipinski definition) is 3. The summed E-state index contributed by atoms with van der Waals surface area (Å²) in [6.45, 7) is 4.16. The predicted molar refractivity (Wildman–Crippen MR) is 85.1 cm³/mol. The van der Waals surface area contributed by atoms with Gasteiger partial charge in [-0.3, -0.25) is 25.8 Å². The van der Waals surface area contributed by atoms with E-state index in [4.69, 9.17) is 0 Å². The highest BCUT2D eigenvalue weighted by atomic mass is 16.6. The Morgan fingerprint density at radius 1 is 1.22 bits per heavy atom.